The van der Waals surface area contributed by atoms with Gasteiger partial charge in [-0.15, -0.1) is 0 Å². The standard InChI is InChI=1S/4C2H4O2.Fe.H3N.2H2O/c4*1-2(3)4;;;;/h4*1H3,(H,3,4);;1H3;2*1H2/q;;;;+3;;;/p-3. The molecule has 0 aliphatic heterocycles. The van der Waals surface area contributed by atoms with E-state index < -0.39 is 23.9 Å². The van der Waals surface area contributed by atoms with Crippen LogP contribution in [0.25, 0.3) is 0 Å². The van der Waals surface area contributed by atoms with Crippen molar-refractivity contribution in [2.24, 2.45) is 0 Å². The van der Waals surface area contributed by atoms with Crippen LogP contribution >= 0.6 is 0 Å². The fourth-order valence-electron chi connectivity index (χ4n) is 0. The first-order chi connectivity index (χ1) is 6.93. The monoisotopic (exact) mass is 346 g/mol. The van der Waals surface area contributed by atoms with Crippen LogP contribution in [0.3, 0.4) is 0 Å². The van der Waals surface area contributed by atoms with Gasteiger partial charge in [0.05, 0.1) is 0 Å². The Labute approximate surface area is 126 Å². The SMILES string of the molecule is CC(=O)[O-].CC(=O)[O-].CC(=O)[O-].CC(=O)[O-].O.O.[Fe+3].[NH4+]. The summed E-state index contributed by atoms with van der Waals surface area (Å²) < 4.78 is 0. The van der Waals surface area contributed by atoms with Crippen LogP contribution in [0.1, 0.15) is 27.7 Å². The van der Waals surface area contributed by atoms with E-state index in [1.807, 2.05) is 0 Å². The predicted molar refractivity (Wildman–Crippen MR) is 55.9 cm³/mol. The summed E-state index contributed by atoms with van der Waals surface area (Å²) in [6.45, 7) is 3.89. The summed E-state index contributed by atoms with van der Waals surface area (Å²) in [6, 6.07) is 0. The van der Waals surface area contributed by atoms with Crippen LogP contribution in [0.15, 0.2) is 0 Å². The summed E-state index contributed by atoms with van der Waals surface area (Å²) in [5.74, 6) is -4.33. The zero-order valence-electron chi connectivity index (χ0n) is 11.6. The Bertz CT molecular complexity index is 169. The molecule has 0 amide bonds. The van der Waals surface area contributed by atoms with E-state index in [0.29, 0.717) is 0 Å². The summed E-state index contributed by atoms with van der Waals surface area (Å²) >= 11 is 0. The Hall–Kier alpha value is -1.72. The third-order valence-corrected chi connectivity index (χ3v) is 0. The number of aliphatic carboxylic acids is 4. The topological polar surface area (TPSA) is 260 Å². The zero-order valence-corrected chi connectivity index (χ0v) is 12.7. The number of carbonyl (C=O) groups is 4. The van der Waals surface area contributed by atoms with Crippen molar-refractivity contribution < 1.29 is 67.6 Å². The minimum atomic E-state index is -1.08. The first-order valence-corrected chi connectivity index (χ1v) is 3.63. The second-order valence-corrected chi connectivity index (χ2v) is 1.97. The van der Waals surface area contributed by atoms with E-state index in [1.54, 1.807) is 0 Å². The van der Waals surface area contributed by atoms with Gasteiger partial charge in [0.1, 0.15) is 0 Å². The zero-order chi connectivity index (χ0) is 14.3. The summed E-state index contributed by atoms with van der Waals surface area (Å²) in [7, 11) is 0. The molecule has 0 aliphatic rings. The molecule has 0 aromatic heterocycles. The Morgan fingerprint density at radius 1 is 0.550 bits per heavy atom. The second-order valence-electron chi connectivity index (χ2n) is 1.97. The third-order valence-electron chi connectivity index (χ3n) is 0. The molecule has 0 unspecified atom stereocenters. The van der Waals surface area contributed by atoms with Crippen LogP contribution < -0.4 is 26.6 Å². The number of carbonyl (C=O) groups excluding carboxylic acids is 4. The smallest absolute Gasteiger partial charge is 0.550 e. The maximum atomic E-state index is 8.89. The Balaban J connectivity index is -0.0000000150. The van der Waals surface area contributed by atoms with E-state index >= 15 is 0 Å². The average Bonchev–Trinajstić information content (AvgIpc) is 1.76. The molecule has 0 bridgehead atoms. The molecule has 125 valence electrons. The molecule has 8 N–H and O–H groups in total. The molecule has 0 aromatic carbocycles. The van der Waals surface area contributed by atoms with Gasteiger partial charge in [0.15, 0.2) is 0 Å². The fraction of sp³-hybridized carbons (Fsp3) is 0.500. The Morgan fingerprint density at radius 2 is 0.550 bits per heavy atom. The van der Waals surface area contributed by atoms with Gasteiger partial charge >= 0.3 is 17.1 Å². The van der Waals surface area contributed by atoms with Gasteiger partial charge in [-0.2, -0.15) is 0 Å². The van der Waals surface area contributed by atoms with Gasteiger partial charge in [0, 0.05) is 23.9 Å². The molecule has 0 spiro atoms. The van der Waals surface area contributed by atoms with Crippen molar-refractivity contribution in [3.05, 3.63) is 0 Å². The molecule has 0 saturated heterocycles. The molecule has 0 saturated carbocycles. The predicted octanol–water partition coefficient (Wildman–Crippen LogP) is -6.25. The van der Waals surface area contributed by atoms with Gasteiger partial charge in [0.25, 0.3) is 0 Å². The van der Waals surface area contributed by atoms with Crippen LogP contribution in [0.2, 0.25) is 0 Å². The van der Waals surface area contributed by atoms with Crippen molar-refractivity contribution in [1.82, 2.24) is 6.15 Å². The molecule has 0 heterocycles. The normalized spacial score (nSPS) is 5.00. The van der Waals surface area contributed by atoms with Gasteiger partial charge in [-0.3, -0.25) is 0 Å². The largest absolute Gasteiger partial charge is 3.00 e. The molecule has 0 aromatic rings. The number of rotatable bonds is 0. The molecule has 0 rings (SSSR count). The maximum Gasteiger partial charge on any atom is 3.00 e. The number of quaternary nitrogens is 1. The van der Waals surface area contributed by atoms with Crippen molar-refractivity contribution >= 4 is 23.9 Å². The maximum absolute atomic E-state index is 8.89. The summed E-state index contributed by atoms with van der Waals surface area (Å²) in [4.78, 5) is 35.6. The first kappa shape index (κ1) is 51.7. The minimum absolute atomic E-state index is 0. The molecule has 20 heavy (non-hydrogen) atoms. The van der Waals surface area contributed by atoms with E-state index in [9.17, 15) is 0 Å². The summed E-state index contributed by atoms with van der Waals surface area (Å²) in [5, 5.41) is 35.6. The van der Waals surface area contributed by atoms with Gasteiger partial charge in [-0.25, -0.2) is 0 Å². The summed E-state index contributed by atoms with van der Waals surface area (Å²) in [5.41, 5.74) is 0. The Kier molecular flexibility index (Phi) is 112. The van der Waals surface area contributed by atoms with Crippen LogP contribution in [0.5, 0.6) is 0 Å². The number of carboxylic acids is 4. The second kappa shape index (κ2) is 43.3. The Morgan fingerprint density at radius 3 is 0.550 bits per heavy atom. The quantitative estimate of drug-likeness (QED) is 0.411. The van der Waals surface area contributed by atoms with E-state index in [0.717, 1.165) is 27.7 Å². The molecular formula is C8H20FeNO10. The molecule has 0 atom stereocenters. The fourth-order valence-corrected chi connectivity index (χ4v) is 0. The van der Waals surface area contributed by atoms with Crippen molar-refractivity contribution in [3.63, 3.8) is 0 Å². The minimum Gasteiger partial charge on any atom is -0.550 e. The van der Waals surface area contributed by atoms with Crippen molar-refractivity contribution in [2.45, 2.75) is 27.7 Å². The number of hydrogen-bond donors (Lipinski definition) is 1. The van der Waals surface area contributed by atoms with Gasteiger partial charge in [0.2, 0.25) is 0 Å². The average molecular weight is 346 g/mol. The van der Waals surface area contributed by atoms with Gasteiger partial charge in [-0.1, -0.05) is 0 Å². The van der Waals surface area contributed by atoms with Crippen LogP contribution in [0.4, 0.5) is 0 Å². The van der Waals surface area contributed by atoms with Crippen LogP contribution in [-0.4, -0.2) is 34.8 Å². The summed E-state index contributed by atoms with van der Waals surface area (Å²) in [6.07, 6.45) is 0. The molecule has 11 nitrogen and oxygen atoms in total. The van der Waals surface area contributed by atoms with E-state index in [1.165, 1.54) is 0 Å². The van der Waals surface area contributed by atoms with Crippen molar-refractivity contribution in [3.8, 4) is 0 Å². The first-order valence-electron chi connectivity index (χ1n) is 3.63. The van der Waals surface area contributed by atoms with Crippen LogP contribution in [-0.2, 0) is 36.2 Å². The van der Waals surface area contributed by atoms with E-state index in [-0.39, 0.29) is 34.2 Å². The van der Waals surface area contributed by atoms with E-state index in [4.69, 9.17) is 39.6 Å². The third kappa shape index (κ3) is 1280. The number of hydrogen-bond acceptors (Lipinski definition) is 8. The van der Waals surface area contributed by atoms with Gasteiger partial charge in [-0.05, 0) is 27.7 Å². The van der Waals surface area contributed by atoms with Crippen LogP contribution in [0, 0.1) is 0 Å². The molecule has 0 fully saturated rings. The molecule has 12 heteroatoms. The van der Waals surface area contributed by atoms with Gasteiger partial charge < -0.3 is 56.7 Å². The molecule has 1 radical (unpaired) electrons. The molecular weight excluding hydrogens is 326 g/mol. The van der Waals surface area contributed by atoms with Crippen molar-refractivity contribution in [1.29, 1.82) is 0 Å². The number of carboxylic acid groups (broad SMARTS) is 4. The van der Waals surface area contributed by atoms with Crippen molar-refractivity contribution in [2.75, 3.05) is 0 Å². The van der Waals surface area contributed by atoms with E-state index in [2.05, 4.69) is 0 Å². The molecule has 0 aliphatic carbocycles.